The van der Waals surface area contributed by atoms with E-state index in [4.69, 9.17) is 0 Å². The minimum Gasteiger partial charge on any atom is -0.342 e. The summed E-state index contributed by atoms with van der Waals surface area (Å²) in [7, 11) is 4.02. The zero-order valence-electron chi connectivity index (χ0n) is 13.4. The van der Waals surface area contributed by atoms with E-state index in [1.165, 1.54) is 38.5 Å². The molecule has 2 rings (SSSR count). The number of carbonyl (C=O) groups excluding carboxylic acids is 1. The molecule has 1 aliphatic heterocycles. The van der Waals surface area contributed by atoms with Crippen molar-refractivity contribution in [1.82, 2.24) is 15.1 Å². The van der Waals surface area contributed by atoms with Crippen LogP contribution in [0.5, 0.6) is 0 Å². The summed E-state index contributed by atoms with van der Waals surface area (Å²) in [5.74, 6) is 1.15. The molecule has 1 saturated carbocycles. The molecule has 0 aromatic carbocycles. The minimum atomic E-state index is 0.307. The van der Waals surface area contributed by atoms with Gasteiger partial charge >= 0.3 is 0 Å². The number of hydrogen-bond acceptors (Lipinski definition) is 3. The molecule has 0 radical (unpaired) electrons. The first-order valence-electron chi connectivity index (χ1n) is 8.25. The van der Waals surface area contributed by atoms with Gasteiger partial charge in [0, 0.05) is 25.7 Å². The predicted molar refractivity (Wildman–Crippen MR) is 82.7 cm³/mol. The zero-order chi connectivity index (χ0) is 14.5. The highest BCUT2D eigenvalue weighted by atomic mass is 16.2. The van der Waals surface area contributed by atoms with Gasteiger partial charge in [0.2, 0.25) is 5.91 Å². The van der Waals surface area contributed by atoms with Gasteiger partial charge < -0.3 is 10.2 Å². The van der Waals surface area contributed by atoms with E-state index in [1.54, 1.807) is 0 Å². The van der Waals surface area contributed by atoms with Gasteiger partial charge in [0.1, 0.15) is 0 Å². The molecule has 0 aromatic heterocycles. The maximum absolute atomic E-state index is 12.5. The lowest BCUT2D eigenvalue weighted by atomic mass is 9.87. The average molecular weight is 281 g/mol. The van der Waals surface area contributed by atoms with Gasteiger partial charge in [0.25, 0.3) is 0 Å². The molecule has 1 N–H and O–H groups in total. The van der Waals surface area contributed by atoms with Crippen LogP contribution >= 0.6 is 0 Å². The van der Waals surface area contributed by atoms with Crippen LogP contribution in [-0.2, 0) is 4.79 Å². The van der Waals surface area contributed by atoms with Crippen LogP contribution < -0.4 is 5.32 Å². The number of carbonyl (C=O) groups is 1. The summed E-state index contributed by atoms with van der Waals surface area (Å²) in [6.45, 7) is 5.00. The Morgan fingerprint density at radius 1 is 1.25 bits per heavy atom. The van der Waals surface area contributed by atoms with Crippen molar-refractivity contribution in [2.75, 3.05) is 33.7 Å². The molecule has 0 bridgehead atoms. The van der Waals surface area contributed by atoms with E-state index >= 15 is 0 Å². The van der Waals surface area contributed by atoms with E-state index < -0.39 is 0 Å². The van der Waals surface area contributed by atoms with Crippen LogP contribution in [0.15, 0.2) is 0 Å². The van der Waals surface area contributed by atoms with Crippen molar-refractivity contribution >= 4 is 5.91 Å². The molecule has 20 heavy (non-hydrogen) atoms. The third-order valence-corrected chi connectivity index (χ3v) is 5.20. The Morgan fingerprint density at radius 3 is 2.60 bits per heavy atom. The summed E-state index contributed by atoms with van der Waals surface area (Å²) in [6.07, 6.45) is 7.34. The summed E-state index contributed by atoms with van der Waals surface area (Å²) < 4.78 is 0. The maximum Gasteiger partial charge on any atom is 0.236 e. The van der Waals surface area contributed by atoms with Crippen LogP contribution in [-0.4, -0.2) is 61.5 Å². The van der Waals surface area contributed by atoms with Crippen molar-refractivity contribution in [3.8, 4) is 0 Å². The van der Waals surface area contributed by atoms with Crippen LogP contribution in [0.3, 0.4) is 0 Å². The highest BCUT2D eigenvalue weighted by Crippen LogP contribution is 2.26. The van der Waals surface area contributed by atoms with Crippen LogP contribution in [0.4, 0.5) is 0 Å². The molecular weight excluding hydrogens is 250 g/mol. The summed E-state index contributed by atoms with van der Waals surface area (Å²) in [6, 6.07) is 1.03. The van der Waals surface area contributed by atoms with E-state index in [1.807, 2.05) is 19.0 Å². The standard InChI is InChI=1S/C16H31N3O/c1-13-6-8-15(9-7-13)18(3)16(20)12-19-10-4-5-14(11-19)17-2/h13-15,17H,4-12H2,1-3H3. The van der Waals surface area contributed by atoms with Crippen molar-refractivity contribution in [2.45, 2.75) is 57.5 Å². The Bertz CT molecular complexity index is 313. The Labute approximate surface area is 123 Å². The van der Waals surface area contributed by atoms with Crippen LogP contribution in [0.1, 0.15) is 45.4 Å². The number of amides is 1. The van der Waals surface area contributed by atoms with Gasteiger partial charge in [-0.25, -0.2) is 0 Å². The molecule has 0 spiro atoms. The minimum absolute atomic E-state index is 0.307. The third kappa shape index (κ3) is 4.19. The lowest BCUT2D eigenvalue weighted by Gasteiger charge is -2.36. The van der Waals surface area contributed by atoms with Crippen molar-refractivity contribution in [3.63, 3.8) is 0 Å². The highest BCUT2D eigenvalue weighted by Gasteiger charge is 2.27. The molecule has 1 amide bonds. The molecule has 0 aromatic rings. The van der Waals surface area contributed by atoms with E-state index in [0.29, 0.717) is 24.5 Å². The number of likely N-dealkylation sites (tertiary alicyclic amines) is 1. The van der Waals surface area contributed by atoms with Crippen molar-refractivity contribution in [3.05, 3.63) is 0 Å². The molecule has 1 aliphatic carbocycles. The fourth-order valence-electron chi connectivity index (χ4n) is 3.57. The van der Waals surface area contributed by atoms with Crippen LogP contribution in [0, 0.1) is 5.92 Å². The molecule has 4 heteroatoms. The van der Waals surface area contributed by atoms with E-state index in [0.717, 1.165) is 19.0 Å². The molecule has 116 valence electrons. The fraction of sp³-hybridized carbons (Fsp3) is 0.938. The number of rotatable bonds is 4. The molecule has 1 unspecified atom stereocenters. The zero-order valence-corrected chi connectivity index (χ0v) is 13.4. The summed E-state index contributed by atoms with van der Waals surface area (Å²) in [5.41, 5.74) is 0. The smallest absolute Gasteiger partial charge is 0.236 e. The number of hydrogen-bond donors (Lipinski definition) is 1. The van der Waals surface area contributed by atoms with Gasteiger partial charge in [0.15, 0.2) is 0 Å². The van der Waals surface area contributed by atoms with E-state index in [9.17, 15) is 4.79 Å². The van der Waals surface area contributed by atoms with Gasteiger partial charge in [0.05, 0.1) is 6.54 Å². The molecule has 1 atom stereocenters. The summed E-state index contributed by atoms with van der Waals surface area (Å²) in [5, 5.41) is 3.34. The molecule has 1 heterocycles. The van der Waals surface area contributed by atoms with Crippen molar-refractivity contribution in [2.24, 2.45) is 5.92 Å². The molecule has 2 aliphatic rings. The topological polar surface area (TPSA) is 35.6 Å². The number of piperidine rings is 1. The van der Waals surface area contributed by atoms with E-state index in [-0.39, 0.29) is 0 Å². The quantitative estimate of drug-likeness (QED) is 0.852. The highest BCUT2D eigenvalue weighted by molar-refractivity contribution is 5.78. The molecule has 4 nitrogen and oxygen atoms in total. The maximum atomic E-state index is 12.5. The Morgan fingerprint density at radius 2 is 1.95 bits per heavy atom. The van der Waals surface area contributed by atoms with Gasteiger partial charge in [-0.15, -0.1) is 0 Å². The first-order chi connectivity index (χ1) is 9.60. The largest absolute Gasteiger partial charge is 0.342 e. The second kappa shape index (κ2) is 7.41. The second-order valence-electron chi connectivity index (χ2n) is 6.78. The van der Waals surface area contributed by atoms with Crippen molar-refractivity contribution < 1.29 is 4.79 Å². The summed E-state index contributed by atoms with van der Waals surface area (Å²) in [4.78, 5) is 16.8. The van der Waals surface area contributed by atoms with Crippen LogP contribution in [0.2, 0.25) is 0 Å². The molecular formula is C16H31N3O. The predicted octanol–water partition coefficient (Wildman–Crippen LogP) is 1.71. The first kappa shape index (κ1) is 15.8. The van der Waals surface area contributed by atoms with Gasteiger partial charge in [-0.2, -0.15) is 0 Å². The Hall–Kier alpha value is -0.610. The monoisotopic (exact) mass is 281 g/mol. The Balaban J connectivity index is 1.78. The number of nitrogens with one attached hydrogen (secondary N) is 1. The Kier molecular flexibility index (Phi) is 5.85. The second-order valence-corrected chi connectivity index (χ2v) is 6.78. The SMILES string of the molecule is CNC1CCCN(CC(=O)N(C)C2CCC(C)CC2)C1. The first-order valence-corrected chi connectivity index (χ1v) is 8.25. The lowest BCUT2D eigenvalue weighted by Crippen LogP contribution is -2.50. The average Bonchev–Trinajstić information content (AvgIpc) is 2.47. The lowest BCUT2D eigenvalue weighted by molar-refractivity contribution is -0.134. The van der Waals surface area contributed by atoms with Gasteiger partial charge in [-0.1, -0.05) is 6.92 Å². The number of nitrogens with zero attached hydrogens (tertiary/aromatic N) is 2. The fourth-order valence-corrected chi connectivity index (χ4v) is 3.57. The molecule has 2 fully saturated rings. The van der Waals surface area contributed by atoms with Crippen molar-refractivity contribution in [1.29, 1.82) is 0 Å². The van der Waals surface area contributed by atoms with Crippen LogP contribution in [0.25, 0.3) is 0 Å². The van der Waals surface area contributed by atoms with E-state index in [2.05, 4.69) is 17.1 Å². The number of likely N-dealkylation sites (N-methyl/N-ethyl adjacent to an activating group) is 2. The summed E-state index contributed by atoms with van der Waals surface area (Å²) >= 11 is 0. The normalized spacial score (nSPS) is 32.0. The third-order valence-electron chi connectivity index (χ3n) is 5.20. The van der Waals surface area contributed by atoms with Gasteiger partial charge in [-0.3, -0.25) is 9.69 Å². The molecule has 1 saturated heterocycles. The van der Waals surface area contributed by atoms with Gasteiger partial charge in [-0.05, 0) is 58.0 Å².